The van der Waals surface area contributed by atoms with E-state index in [1.165, 1.54) is 9.80 Å². The van der Waals surface area contributed by atoms with Crippen molar-refractivity contribution in [2.45, 2.75) is 80.3 Å². The van der Waals surface area contributed by atoms with Crippen molar-refractivity contribution in [1.29, 1.82) is 0 Å². The molecule has 3 N–H and O–H groups in total. The van der Waals surface area contributed by atoms with Gasteiger partial charge in [0.15, 0.2) is 0 Å². The molecule has 286 valence electrons. The number of sulfonamides is 1. The Balaban J connectivity index is 1.27. The molecule has 1 saturated heterocycles. The largest absolute Gasteiger partial charge is 0.472 e. The third-order valence-electron chi connectivity index (χ3n) is 10.5. The second kappa shape index (κ2) is 15.2. The molecule has 54 heavy (non-hydrogen) atoms. The van der Waals surface area contributed by atoms with Gasteiger partial charge in [-0.25, -0.2) is 18.2 Å². The average Bonchev–Trinajstić information content (AvgIpc) is 4.08. The third-order valence-corrected chi connectivity index (χ3v) is 12.4. The topological polar surface area (TPSA) is 193 Å². The molecule has 1 aromatic carbocycles. The van der Waals surface area contributed by atoms with Crippen LogP contribution in [0, 0.1) is 5.92 Å². The number of carbonyl (C=O) groups is 5. The molecule has 5 atom stereocenters. The predicted octanol–water partition coefficient (Wildman–Crippen LogP) is 2.33. The molecule has 16 heteroatoms. The van der Waals surface area contributed by atoms with E-state index >= 15 is 0 Å². The number of aromatic nitrogens is 1. The molecular formula is C38H44N6O9S. The van der Waals surface area contributed by atoms with Gasteiger partial charge in [0.1, 0.15) is 23.7 Å². The fraction of sp³-hybridized carbons (Fsp3) is 0.474. The Morgan fingerprint density at radius 1 is 1.07 bits per heavy atom. The number of pyridine rings is 1. The lowest BCUT2D eigenvalue weighted by atomic mass is 10.1. The number of hydrogen-bond donors (Lipinski definition) is 3. The lowest BCUT2D eigenvalue weighted by Gasteiger charge is -2.32. The van der Waals surface area contributed by atoms with Crippen LogP contribution in [-0.4, -0.2) is 108 Å². The highest BCUT2D eigenvalue weighted by atomic mass is 32.2. The molecule has 3 fully saturated rings. The normalized spacial score (nSPS) is 28.0. The summed E-state index contributed by atoms with van der Waals surface area (Å²) < 4.78 is 39.8. The van der Waals surface area contributed by atoms with Crippen LogP contribution in [0.5, 0.6) is 5.88 Å². The van der Waals surface area contributed by atoms with E-state index in [0.717, 1.165) is 22.4 Å². The monoisotopic (exact) mass is 760 g/mol. The molecule has 0 radical (unpaired) electrons. The highest BCUT2D eigenvalue weighted by Gasteiger charge is 2.62. The molecule has 15 nitrogen and oxygen atoms in total. The molecular weight excluding hydrogens is 717 g/mol. The number of allylic oxidation sites excluding steroid dienone is 2. The second-order valence-corrected chi connectivity index (χ2v) is 16.4. The SMILES string of the molecule is C=CC(=O)N1CCCC=C[C@@H]2C[C@@]2(C(=O)NS(=O)(=O)C2CC2)NC(=O)[C@@H]2C[C@@H]3CN2C(=O)[C@H](C1)NC(=O)OCCCC=Cc1ccc2ccnc(c2c1)O3. The van der Waals surface area contributed by atoms with E-state index in [4.69, 9.17) is 9.47 Å². The van der Waals surface area contributed by atoms with Crippen LogP contribution >= 0.6 is 0 Å². The molecule has 5 bridgehead atoms. The number of carbonyl (C=O) groups excluding carboxylic acids is 5. The van der Waals surface area contributed by atoms with Crippen LogP contribution in [-0.2, 0) is 33.9 Å². The molecule has 4 heterocycles. The van der Waals surface area contributed by atoms with Crippen molar-refractivity contribution in [3.8, 4) is 5.88 Å². The number of nitrogens with zero attached hydrogens (tertiary/aromatic N) is 3. The maximum Gasteiger partial charge on any atom is 0.407 e. The standard InChI is InChI=1S/C38H44N6O9S/c1-2-32(45)43-17-7-3-6-10-26-21-38(26,36(48)42-54(50,51)28-13-14-28)41-33(46)31-20-27-22-44(31)35(47)30(23-43)40-37(49)52-18-8-4-5-9-24-11-12-25-15-16-39-34(53-27)29(25)19-24/h2,5-6,9-12,15-16,19,26-28,30-31H,1,3-4,7-8,13-14,17-18,20-23H2,(H,40,49)(H,41,46)(H,42,48)/t26-,27-,30+,31+,38-/m1/s1. The molecule has 5 aliphatic rings. The quantitative estimate of drug-likeness (QED) is 0.308. The van der Waals surface area contributed by atoms with Crippen molar-refractivity contribution >= 4 is 56.6 Å². The van der Waals surface area contributed by atoms with Gasteiger partial charge in [-0.2, -0.15) is 0 Å². The van der Waals surface area contributed by atoms with Gasteiger partial charge in [-0.3, -0.25) is 23.9 Å². The van der Waals surface area contributed by atoms with E-state index in [-0.39, 0.29) is 39.1 Å². The Kier molecular flexibility index (Phi) is 10.5. The fourth-order valence-electron chi connectivity index (χ4n) is 7.31. The molecule has 0 unspecified atom stereocenters. The summed E-state index contributed by atoms with van der Waals surface area (Å²) in [7, 11) is -3.93. The summed E-state index contributed by atoms with van der Waals surface area (Å²) in [6, 6.07) is 5.16. The Morgan fingerprint density at radius 2 is 1.89 bits per heavy atom. The summed E-state index contributed by atoms with van der Waals surface area (Å²) in [5, 5.41) is 6.42. The number of nitrogens with one attached hydrogen (secondary N) is 3. The molecule has 0 spiro atoms. The molecule has 3 aliphatic heterocycles. The summed E-state index contributed by atoms with van der Waals surface area (Å²) in [5.74, 6) is -2.86. The van der Waals surface area contributed by atoms with Crippen LogP contribution in [0.3, 0.4) is 0 Å². The summed E-state index contributed by atoms with van der Waals surface area (Å²) in [5.41, 5.74) is -0.668. The number of cyclic esters (lactones) is 1. The molecule has 2 aromatic rings. The fourth-order valence-corrected chi connectivity index (χ4v) is 8.68. The average molecular weight is 761 g/mol. The van der Waals surface area contributed by atoms with E-state index in [0.29, 0.717) is 44.4 Å². The van der Waals surface area contributed by atoms with Crippen LogP contribution in [0.1, 0.15) is 56.9 Å². The van der Waals surface area contributed by atoms with Gasteiger partial charge in [-0.15, -0.1) is 0 Å². The Morgan fingerprint density at radius 3 is 2.69 bits per heavy atom. The molecule has 1 aromatic heterocycles. The second-order valence-electron chi connectivity index (χ2n) is 14.5. The minimum atomic E-state index is -3.93. The zero-order valence-corrected chi connectivity index (χ0v) is 30.6. The van der Waals surface area contributed by atoms with Gasteiger partial charge in [0.25, 0.3) is 5.91 Å². The number of benzene rings is 1. The van der Waals surface area contributed by atoms with Gasteiger partial charge in [-0.1, -0.05) is 43.0 Å². The summed E-state index contributed by atoms with van der Waals surface area (Å²) >= 11 is 0. The van der Waals surface area contributed by atoms with Gasteiger partial charge in [-0.05, 0) is 74.1 Å². The van der Waals surface area contributed by atoms with Crippen molar-refractivity contribution in [3.05, 3.63) is 66.9 Å². The predicted molar refractivity (Wildman–Crippen MR) is 197 cm³/mol. The highest BCUT2D eigenvalue weighted by Crippen LogP contribution is 2.46. The Hall–Kier alpha value is -5.25. The number of fused-ring (bicyclic) bond motifs is 4. The van der Waals surface area contributed by atoms with Crippen molar-refractivity contribution < 1.29 is 41.9 Å². The van der Waals surface area contributed by atoms with E-state index < -0.39 is 74.6 Å². The van der Waals surface area contributed by atoms with Crippen molar-refractivity contribution in [1.82, 2.24) is 30.1 Å². The maximum atomic E-state index is 14.6. The first kappa shape index (κ1) is 37.1. The van der Waals surface area contributed by atoms with Gasteiger partial charge < -0.3 is 29.9 Å². The highest BCUT2D eigenvalue weighted by molar-refractivity contribution is 7.91. The number of hydrogen-bond acceptors (Lipinski definition) is 10. The minimum Gasteiger partial charge on any atom is -0.472 e. The minimum absolute atomic E-state index is 0.0136. The van der Waals surface area contributed by atoms with Crippen LogP contribution in [0.15, 0.2) is 61.3 Å². The molecule has 2 saturated carbocycles. The Bertz CT molecular complexity index is 2030. The number of amides is 5. The van der Waals surface area contributed by atoms with Crippen molar-refractivity contribution in [3.63, 3.8) is 0 Å². The van der Waals surface area contributed by atoms with Crippen molar-refractivity contribution in [2.24, 2.45) is 5.92 Å². The van der Waals surface area contributed by atoms with Gasteiger partial charge in [0, 0.05) is 30.5 Å². The van der Waals surface area contributed by atoms with Crippen LogP contribution < -0.4 is 20.1 Å². The Labute approximate surface area is 313 Å². The van der Waals surface area contributed by atoms with Gasteiger partial charge >= 0.3 is 6.09 Å². The number of ether oxygens (including phenoxy) is 2. The summed E-state index contributed by atoms with van der Waals surface area (Å²) in [6.07, 6.45) is 11.7. The molecule has 7 rings (SSSR count). The van der Waals surface area contributed by atoms with Gasteiger partial charge in [0.2, 0.25) is 33.6 Å². The number of rotatable bonds is 4. The lowest BCUT2D eigenvalue weighted by Crippen LogP contribution is -2.60. The molecule has 5 amide bonds. The molecule has 2 aliphatic carbocycles. The third kappa shape index (κ3) is 7.98. The van der Waals surface area contributed by atoms with E-state index in [1.807, 2.05) is 42.5 Å². The first-order chi connectivity index (χ1) is 26.0. The zero-order chi connectivity index (χ0) is 38.0. The number of alkyl carbamates (subject to hydrolysis) is 1. The van der Waals surface area contributed by atoms with Crippen LogP contribution in [0.4, 0.5) is 4.79 Å². The first-order valence-electron chi connectivity index (χ1n) is 18.4. The summed E-state index contributed by atoms with van der Waals surface area (Å²) in [4.78, 5) is 76.2. The van der Waals surface area contributed by atoms with E-state index in [1.54, 1.807) is 12.3 Å². The zero-order valence-electron chi connectivity index (χ0n) is 29.8. The van der Waals surface area contributed by atoms with Gasteiger partial charge in [0.05, 0.1) is 24.9 Å². The smallest absolute Gasteiger partial charge is 0.407 e. The van der Waals surface area contributed by atoms with E-state index in [9.17, 15) is 32.4 Å². The summed E-state index contributed by atoms with van der Waals surface area (Å²) in [6.45, 7) is 3.55. The first-order valence-corrected chi connectivity index (χ1v) is 19.9. The van der Waals surface area contributed by atoms with Crippen LogP contribution in [0.2, 0.25) is 0 Å². The van der Waals surface area contributed by atoms with E-state index in [2.05, 4.69) is 26.9 Å². The lowest BCUT2D eigenvalue weighted by molar-refractivity contribution is -0.142. The van der Waals surface area contributed by atoms with Crippen molar-refractivity contribution in [2.75, 3.05) is 26.2 Å². The maximum absolute atomic E-state index is 14.6. The van der Waals surface area contributed by atoms with Crippen LogP contribution in [0.25, 0.3) is 16.8 Å².